The van der Waals surface area contributed by atoms with Crippen molar-refractivity contribution < 1.29 is 18.0 Å². The third-order valence-electron chi connectivity index (χ3n) is 3.48. The van der Waals surface area contributed by atoms with Crippen molar-refractivity contribution in [1.29, 1.82) is 0 Å². The molecule has 1 heterocycles. The first-order chi connectivity index (χ1) is 9.84. The lowest BCUT2D eigenvalue weighted by molar-refractivity contribution is -0.137. The normalized spacial score (nSPS) is 19.5. The third-order valence-corrected chi connectivity index (χ3v) is 4.66. The molecule has 1 aromatic carbocycles. The monoisotopic (exact) mass is 318 g/mol. The molecule has 0 spiro atoms. The molecule has 2 rings (SSSR count). The summed E-state index contributed by atoms with van der Waals surface area (Å²) in [4.78, 5) is 14.2. The summed E-state index contributed by atoms with van der Waals surface area (Å²) in [6.07, 6.45) is -4.45. The van der Waals surface area contributed by atoms with E-state index in [0.29, 0.717) is 12.2 Å². The number of halogens is 3. The molecule has 1 aliphatic rings. The first-order valence-electron chi connectivity index (χ1n) is 6.62. The molecule has 21 heavy (non-hydrogen) atoms. The smallest absolute Gasteiger partial charge is 0.387 e. The molecular weight excluding hydrogens is 301 g/mol. The molecule has 1 N–H and O–H groups in total. The highest BCUT2D eigenvalue weighted by atomic mass is 32.2. The van der Waals surface area contributed by atoms with Gasteiger partial charge in [-0.2, -0.15) is 24.9 Å². The van der Waals surface area contributed by atoms with Crippen LogP contribution >= 0.6 is 11.8 Å². The predicted molar refractivity (Wildman–Crippen MR) is 78.8 cm³/mol. The number of hydrogen-bond acceptors (Lipinski definition) is 3. The minimum Gasteiger partial charge on any atom is -0.387 e. The second kappa shape index (κ2) is 6.17. The maximum absolute atomic E-state index is 12.8. The predicted octanol–water partition coefficient (Wildman–Crippen LogP) is 3.32. The molecule has 1 aromatic rings. The molecular formula is C14H17F3N2OS. The largest absolute Gasteiger partial charge is 0.416 e. The van der Waals surface area contributed by atoms with E-state index >= 15 is 0 Å². The second-order valence-corrected chi connectivity index (χ2v) is 6.08. The molecule has 1 fully saturated rings. The highest BCUT2D eigenvalue weighted by molar-refractivity contribution is 7.99. The Balaban J connectivity index is 2.38. The number of nitrogens with zero attached hydrogens (tertiary/aromatic N) is 1. The molecule has 1 aliphatic heterocycles. The lowest BCUT2D eigenvalue weighted by Gasteiger charge is -2.33. The number of rotatable bonds is 2. The fourth-order valence-electron chi connectivity index (χ4n) is 2.30. The molecule has 0 aromatic heterocycles. The van der Waals surface area contributed by atoms with Crippen molar-refractivity contribution in [2.24, 2.45) is 0 Å². The molecule has 7 heteroatoms. The number of benzene rings is 1. The Kier molecular flexibility index (Phi) is 4.70. The number of carbonyl (C=O) groups excluding carboxylic acids is 1. The van der Waals surface area contributed by atoms with E-state index in [4.69, 9.17) is 0 Å². The van der Waals surface area contributed by atoms with E-state index in [9.17, 15) is 18.0 Å². The van der Waals surface area contributed by atoms with Gasteiger partial charge in [-0.15, -0.1) is 0 Å². The summed E-state index contributed by atoms with van der Waals surface area (Å²) in [7, 11) is 1.59. The molecule has 1 unspecified atom stereocenters. The molecule has 0 bridgehead atoms. The van der Waals surface area contributed by atoms with Crippen LogP contribution in [0.15, 0.2) is 18.2 Å². The highest BCUT2D eigenvalue weighted by Gasteiger charge is 2.33. The number of amides is 1. The summed E-state index contributed by atoms with van der Waals surface area (Å²) in [6.45, 7) is 2.47. The number of anilines is 1. The van der Waals surface area contributed by atoms with Crippen molar-refractivity contribution in [3.63, 3.8) is 0 Å². The Bertz CT molecular complexity index is 533. The third kappa shape index (κ3) is 3.45. The topological polar surface area (TPSA) is 32.3 Å². The van der Waals surface area contributed by atoms with Crippen LogP contribution in [-0.4, -0.2) is 41.9 Å². The van der Waals surface area contributed by atoms with Gasteiger partial charge in [-0.3, -0.25) is 4.79 Å². The molecule has 116 valence electrons. The van der Waals surface area contributed by atoms with Crippen molar-refractivity contribution in [3.8, 4) is 0 Å². The summed E-state index contributed by atoms with van der Waals surface area (Å²) < 4.78 is 38.5. The molecule has 1 atom stereocenters. The molecule has 0 aliphatic carbocycles. The first-order valence-corrected chi connectivity index (χ1v) is 7.77. The molecule has 1 saturated heterocycles. The minimum absolute atomic E-state index is 0.0236. The fourth-order valence-corrected chi connectivity index (χ4v) is 3.31. The van der Waals surface area contributed by atoms with Gasteiger partial charge in [-0.1, -0.05) is 0 Å². The zero-order valence-electron chi connectivity index (χ0n) is 11.8. The Morgan fingerprint density at radius 3 is 2.71 bits per heavy atom. The van der Waals surface area contributed by atoms with E-state index in [1.807, 2.05) is 6.92 Å². The quantitative estimate of drug-likeness (QED) is 0.908. The van der Waals surface area contributed by atoms with Crippen LogP contribution in [0, 0.1) is 0 Å². The molecule has 0 radical (unpaired) electrons. The van der Waals surface area contributed by atoms with Crippen LogP contribution in [0.25, 0.3) is 0 Å². The van der Waals surface area contributed by atoms with E-state index < -0.39 is 11.7 Å². The maximum Gasteiger partial charge on any atom is 0.416 e. The van der Waals surface area contributed by atoms with Crippen LogP contribution in [0.4, 0.5) is 18.9 Å². The Labute approximate surface area is 125 Å². The summed E-state index contributed by atoms with van der Waals surface area (Å²) in [5.74, 6) is 1.27. The highest BCUT2D eigenvalue weighted by Crippen LogP contribution is 2.32. The van der Waals surface area contributed by atoms with Crippen molar-refractivity contribution >= 4 is 23.4 Å². The van der Waals surface area contributed by atoms with Crippen molar-refractivity contribution in [2.75, 3.05) is 30.4 Å². The number of hydrogen-bond donors (Lipinski definition) is 1. The van der Waals surface area contributed by atoms with Gasteiger partial charge in [-0.05, 0) is 25.1 Å². The minimum atomic E-state index is -4.45. The molecule has 0 saturated carbocycles. The van der Waals surface area contributed by atoms with Crippen LogP contribution < -0.4 is 5.32 Å². The average molecular weight is 318 g/mol. The molecule has 1 amide bonds. The van der Waals surface area contributed by atoms with Gasteiger partial charge in [0.15, 0.2) is 0 Å². The van der Waals surface area contributed by atoms with E-state index in [1.54, 1.807) is 23.7 Å². The number of thioether (sulfide) groups is 1. The van der Waals surface area contributed by atoms with E-state index in [2.05, 4.69) is 5.32 Å². The van der Waals surface area contributed by atoms with Gasteiger partial charge in [0.05, 0.1) is 11.1 Å². The van der Waals surface area contributed by atoms with Crippen LogP contribution in [0.5, 0.6) is 0 Å². The zero-order valence-corrected chi connectivity index (χ0v) is 12.6. The van der Waals surface area contributed by atoms with Gasteiger partial charge in [0.1, 0.15) is 0 Å². The van der Waals surface area contributed by atoms with Crippen molar-refractivity contribution in [3.05, 3.63) is 29.3 Å². The van der Waals surface area contributed by atoms with Gasteiger partial charge in [0.25, 0.3) is 5.91 Å². The van der Waals surface area contributed by atoms with Gasteiger partial charge in [0, 0.05) is 36.8 Å². The van der Waals surface area contributed by atoms with E-state index in [-0.39, 0.29) is 17.5 Å². The lowest BCUT2D eigenvalue weighted by Crippen LogP contribution is -2.44. The van der Waals surface area contributed by atoms with Crippen LogP contribution in [0.3, 0.4) is 0 Å². The standard InChI is InChI=1S/C14H17F3N2OS/c1-9-8-21-6-5-19(9)13(20)11-7-10(14(15,16)17)3-4-12(11)18-2/h3-4,7,9,18H,5-6,8H2,1-2H3. The number of nitrogens with one attached hydrogen (secondary N) is 1. The van der Waals surface area contributed by atoms with Gasteiger partial charge in [0.2, 0.25) is 0 Å². The van der Waals surface area contributed by atoms with Crippen molar-refractivity contribution in [1.82, 2.24) is 4.90 Å². The van der Waals surface area contributed by atoms with E-state index in [0.717, 1.165) is 23.6 Å². The maximum atomic E-state index is 12.8. The van der Waals surface area contributed by atoms with Gasteiger partial charge < -0.3 is 10.2 Å². The Hall–Kier alpha value is -1.37. The summed E-state index contributed by atoms with van der Waals surface area (Å²) in [6, 6.07) is 3.25. The van der Waals surface area contributed by atoms with Crippen molar-refractivity contribution in [2.45, 2.75) is 19.1 Å². The SMILES string of the molecule is CNc1ccc(C(F)(F)F)cc1C(=O)N1CCSCC1C. The summed E-state index contributed by atoms with van der Waals surface area (Å²) in [5, 5.41) is 2.79. The fraction of sp³-hybridized carbons (Fsp3) is 0.500. The van der Waals surface area contributed by atoms with Crippen LogP contribution in [0.1, 0.15) is 22.8 Å². The Morgan fingerprint density at radius 1 is 1.43 bits per heavy atom. The lowest BCUT2D eigenvalue weighted by atomic mass is 10.1. The van der Waals surface area contributed by atoms with Crippen LogP contribution in [0.2, 0.25) is 0 Å². The van der Waals surface area contributed by atoms with Crippen LogP contribution in [-0.2, 0) is 6.18 Å². The zero-order chi connectivity index (χ0) is 15.6. The van der Waals surface area contributed by atoms with E-state index in [1.165, 1.54) is 6.07 Å². The summed E-state index contributed by atoms with van der Waals surface area (Å²) >= 11 is 1.75. The summed E-state index contributed by atoms with van der Waals surface area (Å²) in [5.41, 5.74) is -0.312. The average Bonchev–Trinajstić information content (AvgIpc) is 2.45. The Morgan fingerprint density at radius 2 is 2.14 bits per heavy atom. The molecule has 3 nitrogen and oxygen atoms in total. The first kappa shape index (κ1) is 16.0. The van der Waals surface area contributed by atoms with Gasteiger partial charge in [-0.25, -0.2) is 0 Å². The van der Waals surface area contributed by atoms with Gasteiger partial charge >= 0.3 is 6.18 Å². The number of alkyl halides is 3. The second-order valence-electron chi connectivity index (χ2n) is 4.93. The number of carbonyl (C=O) groups is 1.